The lowest BCUT2D eigenvalue weighted by molar-refractivity contribution is -0.210. The predicted octanol–water partition coefficient (Wildman–Crippen LogP) is 0.404. The molecule has 24 heavy (non-hydrogen) atoms. The number of aromatic nitrogens is 2. The molecule has 12 heteroatoms. The molecule has 10 nitrogen and oxygen atoms in total. The van der Waals surface area contributed by atoms with Crippen LogP contribution in [0, 0.1) is 0 Å². The number of nitrogens with zero attached hydrogens (tertiary/aromatic N) is 4. The number of likely N-dealkylation sites (N-methyl/N-ethyl adjacent to an activating group) is 1. The van der Waals surface area contributed by atoms with Crippen molar-refractivity contribution in [2.24, 2.45) is 0 Å². The van der Waals surface area contributed by atoms with Crippen LogP contribution in [0.25, 0.3) is 0 Å². The van der Waals surface area contributed by atoms with Gasteiger partial charge in [0.2, 0.25) is 9.47 Å². The Kier molecular flexibility index (Phi) is 6.09. The van der Waals surface area contributed by atoms with Gasteiger partial charge in [-0.05, 0) is 13.3 Å². The SMILES string of the molecule is CC1CCOC(CN(C)C(=O)Nc2nnc(S(=O)(=O)N(C)C)s2)O1. The third-order valence-corrected chi connectivity index (χ3v) is 6.30. The number of rotatable bonds is 5. The van der Waals surface area contributed by atoms with Crippen LogP contribution in [0.5, 0.6) is 0 Å². The lowest BCUT2D eigenvalue weighted by atomic mass is 10.3. The number of urea groups is 1. The Morgan fingerprint density at radius 1 is 1.38 bits per heavy atom. The Labute approximate surface area is 144 Å². The number of hydrogen-bond donors (Lipinski definition) is 1. The van der Waals surface area contributed by atoms with Gasteiger partial charge in [0.25, 0.3) is 10.0 Å². The molecule has 0 spiro atoms. The quantitative estimate of drug-likeness (QED) is 0.737. The molecule has 0 aliphatic carbocycles. The van der Waals surface area contributed by atoms with Crippen molar-refractivity contribution in [2.45, 2.75) is 30.1 Å². The summed E-state index contributed by atoms with van der Waals surface area (Å²) in [7, 11) is 0.709. The third kappa shape index (κ3) is 4.60. The first kappa shape index (κ1) is 19.0. The van der Waals surface area contributed by atoms with Crippen molar-refractivity contribution >= 4 is 32.5 Å². The molecule has 2 amide bonds. The zero-order valence-corrected chi connectivity index (χ0v) is 15.6. The van der Waals surface area contributed by atoms with Crippen LogP contribution >= 0.6 is 11.3 Å². The van der Waals surface area contributed by atoms with Gasteiger partial charge in [-0.3, -0.25) is 5.32 Å². The zero-order chi connectivity index (χ0) is 17.9. The smallest absolute Gasteiger partial charge is 0.323 e. The topological polar surface area (TPSA) is 114 Å². The van der Waals surface area contributed by atoms with E-state index in [0.29, 0.717) is 6.61 Å². The molecule has 2 heterocycles. The Balaban J connectivity index is 1.93. The average molecular weight is 379 g/mol. The Hall–Kier alpha value is -1.34. The molecule has 2 unspecified atom stereocenters. The molecule has 1 aliphatic heterocycles. The van der Waals surface area contributed by atoms with E-state index in [4.69, 9.17) is 9.47 Å². The lowest BCUT2D eigenvalue weighted by Crippen LogP contribution is -2.42. The molecule has 0 saturated carbocycles. The summed E-state index contributed by atoms with van der Waals surface area (Å²) in [5.74, 6) is 0. The van der Waals surface area contributed by atoms with Crippen LogP contribution in [0.4, 0.5) is 9.93 Å². The van der Waals surface area contributed by atoms with Gasteiger partial charge in [0.1, 0.15) is 0 Å². The van der Waals surface area contributed by atoms with Gasteiger partial charge in [-0.1, -0.05) is 11.3 Å². The molecule has 0 radical (unpaired) electrons. The van der Waals surface area contributed by atoms with Crippen LogP contribution in [0.3, 0.4) is 0 Å². The normalized spacial score (nSPS) is 21.7. The number of hydrogen-bond acceptors (Lipinski definition) is 8. The largest absolute Gasteiger partial charge is 0.351 e. The molecule has 2 rings (SSSR count). The van der Waals surface area contributed by atoms with Crippen molar-refractivity contribution in [3.63, 3.8) is 0 Å². The van der Waals surface area contributed by atoms with E-state index in [1.54, 1.807) is 7.05 Å². The number of carbonyl (C=O) groups excluding carboxylic acids is 1. The molecule has 1 saturated heterocycles. The van der Waals surface area contributed by atoms with Crippen LogP contribution in [-0.4, -0.2) is 80.5 Å². The van der Waals surface area contributed by atoms with E-state index < -0.39 is 22.3 Å². The van der Waals surface area contributed by atoms with Crippen LogP contribution in [-0.2, 0) is 19.5 Å². The highest BCUT2D eigenvalue weighted by molar-refractivity contribution is 7.91. The number of carbonyl (C=O) groups is 1. The van der Waals surface area contributed by atoms with Gasteiger partial charge in [-0.25, -0.2) is 17.5 Å². The molecular weight excluding hydrogens is 358 g/mol. The summed E-state index contributed by atoms with van der Waals surface area (Å²) < 4.78 is 35.7. The van der Waals surface area contributed by atoms with Crippen LogP contribution < -0.4 is 5.32 Å². The second kappa shape index (κ2) is 7.70. The van der Waals surface area contributed by atoms with E-state index >= 15 is 0 Å². The Morgan fingerprint density at radius 2 is 2.08 bits per heavy atom. The van der Waals surface area contributed by atoms with E-state index in [-0.39, 0.29) is 22.1 Å². The van der Waals surface area contributed by atoms with Gasteiger partial charge in [0.15, 0.2) is 6.29 Å². The number of amides is 2. The number of anilines is 1. The minimum atomic E-state index is -3.67. The molecule has 1 N–H and O–H groups in total. The molecule has 0 aromatic carbocycles. The summed E-state index contributed by atoms with van der Waals surface area (Å²) in [6, 6.07) is -0.453. The molecule has 136 valence electrons. The molecule has 1 aromatic rings. The molecule has 2 atom stereocenters. The summed E-state index contributed by atoms with van der Waals surface area (Å²) in [5, 5.41) is 9.91. The fraction of sp³-hybridized carbons (Fsp3) is 0.750. The van der Waals surface area contributed by atoms with E-state index in [1.807, 2.05) is 6.92 Å². The second-order valence-electron chi connectivity index (χ2n) is 5.51. The van der Waals surface area contributed by atoms with Crippen LogP contribution in [0.2, 0.25) is 0 Å². The maximum absolute atomic E-state index is 12.1. The summed E-state index contributed by atoms with van der Waals surface area (Å²) in [6.07, 6.45) is 0.422. The Morgan fingerprint density at radius 3 is 2.71 bits per heavy atom. The predicted molar refractivity (Wildman–Crippen MR) is 87.3 cm³/mol. The summed E-state index contributed by atoms with van der Waals surface area (Å²) >= 11 is 0.787. The fourth-order valence-electron chi connectivity index (χ4n) is 1.84. The van der Waals surface area contributed by atoms with E-state index in [1.165, 1.54) is 19.0 Å². The summed E-state index contributed by atoms with van der Waals surface area (Å²) in [6.45, 7) is 2.78. The van der Waals surface area contributed by atoms with Gasteiger partial charge in [-0.15, -0.1) is 10.2 Å². The molecule has 1 aliphatic rings. The minimum absolute atomic E-state index is 0.0853. The molecule has 1 aromatic heterocycles. The fourth-order valence-corrected chi connectivity index (χ4v) is 3.87. The van der Waals surface area contributed by atoms with E-state index in [9.17, 15) is 13.2 Å². The Bertz CT molecular complexity index is 677. The zero-order valence-electron chi connectivity index (χ0n) is 13.9. The summed E-state index contributed by atoms with van der Waals surface area (Å²) in [5.41, 5.74) is 0. The highest BCUT2D eigenvalue weighted by Gasteiger charge is 2.25. The second-order valence-corrected chi connectivity index (χ2v) is 8.81. The van der Waals surface area contributed by atoms with Gasteiger partial charge in [0.05, 0.1) is 19.3 Å². The standard InChI is InChI=1S/C12H21N5O5S2/c1-8-5-6-21-9(22-8)7-17(4)11(18)13-10-14-15-12(23-10)24(19,20)16(2)3/h8-9H,5-7H2,1-4H3,(H,13,14,18). The first-order valence-electron chi connectivity index (χ1n) is 7.25. The van der Waals surface area contributed by atoms with Crippen LogP contribution in [0.1, 0.15) is 13.3 Å². The van der Waals surface area contributed by atoms with Gasteiger partial charge in [0, 0.05) is 21.1 Å². The van der Waals surface area contributed by atoms with Crippen molar-refractivity contribution in [2.75, 3.05) is 39.6 Å². The first-order chi connectivity index (χ1) is 11.2. The van der Waals surface area contributed by atoms with Crippen LogP contribution in [0.15, 0.2) is 4.34 Å². The number of nitrogens with one attached hydrogen (secondary N) is 1. The maximum Gasteiger partial charge on any atom is 0.323 e. The van der Waals surface area contributed by atoms with Crippen molar-refractivity contribution in [3.05, 3.63) is 0 Å². The lowest BCUT2D eigenvalue weighted by Gasteiger charge is -2.30. The average Bonchev–Trinajstić information content (AvgIpc) is 2.96. The first-order valence-corrected chi connectivity index (χ1v) is 9.51. The van der Waals surface area contributed by atoms with E-state index in [0.717, 1.165) is 22.1 Å². The van der Waals surface area contributed by atoms with Crippen molar-refractivity contribution in [1.29, 1.82) is 0 Å². The van der Waals surface area contributed by atoms with E-state index in [2.05, 4.69) is 15.5 Å². The highest BCUT2D eigenvalue weighted by Crippen LogP contribution is 2.22. The summed E-state index contributed by atoms with van der Waals surface area (Å²) in [4.78, 5) is 13.5. The monoisotopic (exact) mass is 379 g/mol. The van der Waals surface area contributed by atoms with Gasteiger partial charge < -0.3 is 14.4 Å². The van der Waals surface area contributed by atoms with Gasteiger partial charge in [-0.2, -0.15) is 0 Å². The third-order valence-electron chi connectivity index (χ3n) is 3.30. The molecule has 0 bridgehead atoms. The van der Waals surface area contributed by atoms with Crippen molar-refractivity contribution < 1.29 is 22.7 Å². The maximum atomic E-state index is 12.1. The molecular formula is C12H21N5O5S2. The van der Waals surface area contributed by atoms with Crippen molar-refractivity contribution in [3.8, 4) is 0 Å². The van der Waals surface area contributed by atoms with Crippen molar-refractivity contribution in [1.82, 2.24) is 19.4 Å². The van der Waals surface area contributed by atoms with Gasteiger partial charge >= 0.3 is 6.03 Å². The number of sulfonamides is 1. The number of ether oxygens (including phenoxy) is 2. The highest BCUT2D eigenvalue weighted by atomic mass is 32.2. The molecule has 1 fully saturated rings. The minimum Gasteiger partial charge on any atom is -0.351 e.